The largest absolute Gasteiger partial charge is 0.478 e. The number of amides is 1. The monoisotopic (exact) mass is 283 g/mol. The van der Waals surface area contributed by atoms with Gasteiger partial charge in [-0.25, -0.2) is 4.79 Å². The van der Waals surface area contributed by atoms with E-state index in [-0.39, 0.29) is 22.0 Å². The maximum atomic E-state index is 11.7. The Hall–Kier alpha value is -1.99. The van der Waals surface area contributed by atoms with E-state index in [1.807, 2.05) is 0 Å². The first-order valence-electron chi connectivity index (χ1n) is 4.69. The number of nitrogens with zero attached hydrogens (tertiary/aromatic N) is 2. The zero-order chi connectivity index (χ0) is 13.1. The number of aromatic nitrogens is 2. The van der Waals surface area contributed by atoms with Crippen molar-refractivity contribution in [3.63, 3.8) is 0 Å². The smallest absolute Gasteiger partial charge is 0.335 e. The lowest BCUT2D eigenvalue weighted by Gasteiger charge is -2.05. The molecule has 6 nitrogen and oxygen atoms in total. The minimum atomic E-state index is -1.12. The predicted molar refractivity (Wildman–Crippen MR) is 66.3 cm³/mol. The fourth-order valence-corrected chi connectivity index (χ4v) is 1.89. The second-order valence-electron chi connectivity index (χ2n) is 3.28. The number of carboxylic acid groups (broad SMARTS) is 1. The van der Waals surface area contributed by atoms with Gasteiger partial charge in [-0.3, -0.25) is 4.79 Å². The lowest BCUT2D eigenvalue weighted by atomic mass is 10.2. The Balaban J connectivity index is 2.24. The molecule has 0 spiro atoms. The summed E-state index contributed by atoms with van der Waals surface area (Å²) < 4.78 is 7.46. The predicted octanol–water partition coefficient (Wildman–Crippen LogP) is 2.14. The van der Waals surface area contributed by atoms with Crippen molar-refractivity contribution in [2.75, 3.05) is 5.32 Å². The van der Waals surface area contributed by atoms with Crippen LogP contribution in [0.5, 0.6) is 0 Å². The number of rotatable bonds is 3. The van der Waals surface area contributed by atoms with Crippen LogP contribution in [-0.2, 0) is 0 Å². The number of carboxylic acids is 1. The number of carbonyl (C=O) groups excluding carboxylic acids is 1. The lowest BCUT2D eigenvalue weighted by Crippen LogP contribution is -2.12. The van der Waals surface area contributed by atoms with Crippen molar-refractivity contribution in [2.45, 2.75) is 0 Å². The maximum absolute atomic E-state index is 11.7. The molecule has 0 saturated carbocycles. The van der Waals surface area contributed by atoms with Crippen LogP contribution in [0.3, 0.4) is 0 Å². The molecule has 0 atom stereocenters. The van der Waals surface area contributed by atoms with Crippen molar-refractivity contribution in [1.29, 1.82) is 0 Å². The molecule has 0 fully saturated rings. The van der Waals surface area contributed by atoms with Gasteiger partial charge in [0.2, 0.25) is 0 Å². The highest BCUT2D eigenvalue weighted by Crippen LogP contribution is 2.19. The SMILES string of the molecule is O=C(O)c1cc(Cl)cc(NC(=O)c2cnsn2)c1. The van der Waals surface area contributed by atoms with Gasteiger partial charge in [0, 0.05) is 10.7 Å². The van der Waals surface area contributed by atoms with Gasteiger partial charge in [-0.1, -0.05) is 11.6 Å². The molecule has 1 heterocycles. The van der Waals surface area contributed by atoms with Crippen molar-refractivity contribution < 1.29 is 14.7 Å². The van der Waals surface area contributed by atoms with Gasteiger partial charge in [0.25, 0.3) is 5.91 Å². The first-order chi connectivity index (χ1) is 8.56. The summed E-state index contributed by atoms with van der Waals surface area (Å²) in [7, 11) is 0. The van der Waals surface area contributed by atoms with Crippen molar-refractivity contribution in [3.8, 4) is 0 Å². The molecule has 0 bridgehead atoms. The van der Waals surface area contributed by atoms with E-state index in [9.17, 15) is 9.59 Å². The molecular weight excluding hydrogens is 278 g/mol. The van der Waals surface area contributed by atoms with Crippen LogP contribution in [0.25, 0.3) is 0 Å². The minimum absolute atomic E-state index is 0.00537. The van der Waals surface area contributed by atoms with Crippen molar-refractivity contribution in [2.24, 2.45) is 0 Å². The van der Waals surface area contributed by atoms with Crippen molar-refractivity contribution in [3.05, 3.63) is 40.7 Å². The first kappa shape index (κ1) is 12.5. The third-order valence-electron chi connectivity index (χ3n) is 2.00. The molecule has 1 aromatic heterocycles. The number of halogens is 1. The van der Waals surface area contributed by atoms with E-state index in [0.717, 1.165) is 11.7 Å². The summed E-state index contributed by atoms with van der Waals surface area (Å²) in [5.74, 6) is -1.59. The highest BCUT2D eigenvalue weighted by molar-refractivity contribution is 6.99. The molecule has 0 saturated heterocycles. The molecule has 2 N–H and O–H groups in total. The average Bonchev–Trinajstić information content (AvgIpc) is 2.81. The minimum Gasteiger partial charge on any atom is -0.478 e. The normalized spacial score (nSPS) is 10.1. The fourth-order valence-electron chi connectivity index (χ4n) is 1.25. The lowest BCUT2D eigenvalue weighted by molar-refractivity contribution is 0.0696. The van der Waals surface area contributed by atoms with Gasteiger partial charge >= 0.3 is 5.97 Å². The molecule has 0 unspecified atom stereocenters. The van der Waals surface area contributed by atoms with Gasteiger partial charge < -0.3 is 10.4 Å². The maximum Gasteiger partial charge on any atom is 0.335 e. The molecule has 0 radical (unpaired) electrons. The van der Waals surface area contributed by atoms with Crippen LogP contribution in [0.4, 0.5) is 5.69 Å². The van der Waals surface area contributed by atoms with Crippen LogP contribution in [0.1, 0.15) is 20.8 Å². The summed E-state index contributed by atoms with van der Waals surface area (Å²) in [6.07, 6.45) is 1.32. The van der Waals surface area contributed by atoms with E-state index >= 15 is 0 Å². The van der Waals surface area contributed by atoms with E-state index < -0.39 is 11.9 Å². The summed E-state index contributed by atoms with van der Waals surface area (Å²) in [6.45, 7) is 0. The number of nitrogens with one attached hydrogen (secondary N) is 1. The van der Waals surface area contributed by atoms with Crippen LogP contribution in [0.2, 0.25) is 5.02 Å². The van der Waals surface area contributed by atoms with E-state index in [0.29, 0.717) is 0 Å². The van der Waals surface area contributed by atoms with Gasteiger partial charge in [0.1, 0.15) is 0 Å². The Labute approximate surface area is 111 Å². The van der Waals surface area contributed by atoms with Gasteiger partial charge in [-0.05, 0) is 18.2 Å². The number of hydrogen-bond acceptors (Lipinski definition) is 5. The van der Waals surface area contributed by atoms with Crippen molar-refractivity contribution >= 4 is 40.9 Å². The number of anilines is 1. The summed E-state index contributed by atoms with van der Waals surface area (Å²) >= 11 is 6.67. The number of hydrogen-bond donors (Lipinski definition) is 2. The molecule has 2 rings (SSSR count). The fraction of sp³-hybridized carbons (Fsp3) is 0. The number of benzene rings is 1. The summed E-state index contributed by atoms with van der Waals surface area (Å²) in [5, 5.41) is 11.6. The van der Waals surface area contributed by atoms with Crippen LogP contribution in [-0.4, -0.2) is 25.7 Å². The Kier molecular flexibility index (Phi) is 3.54. The molecule has 2 aromatic rings. The highest BCUT2D eigenvalue weighted by Gasteiger charge is 2.11. The Morgan fingerprint density at radius 3 is 2.72 bits per heavy atom. The molecule has 18 heavy (non-hydrogen) atoms. The molecule has 0 aliphatic heterocycles. The van der Waals surface area contributed by atoms with E-state index in [1.165, 1.54) is 24.4 Å². The molecule has 0 aliphatic carbocycles. The third-order valence-corrected chi connectivity index (χ3v) is 2.69. The van der Waals surface area contributed by atoms with E-state index in [1.54, 1.807) is 0 Å². The third kappa shape index (κ3) is 2.82. The molecular formula is C10H6ClN3O3S. The number of carbonyl (C=O) groups is 2. The molecule has 92 valence electrons. The Morgan fingerprint density at radius 1 is 1.33 bits per heavy atom. The zero-order valence-corrected chi connectivity index (χ0v) is 10.3. The van der Waals surface area contributed by atoms with Gasteiger partial charge in [0.15, 0.2) is 5.69 Å². The Bertz CT molecular complexity index is 600. The van der Waals surface area contributed by atoms with Crippen LogP contribution in [0.15, 0.2) is 24.4 Å². The average molecular weight is 284 g/mol. The van der Waals surface area contributed by atoms with Crippen molar-refractivity contribution in [1.82, 2.24) is 8.75 Å². The van der Waals surface area contributed by atoms with E-state index in [4.69, 9.17) is 16.7 Å². The van der Waals surface area contributed by atoms with E-state index in [2.05, 4.69) is 14.1 Å². The van der Waals surface area contributed by atoms with Crippen LogP contribution >= 0.6 is 23.3 Å². The number of aromatic carboxylic acids is 1. The molecule has 0 aliphatic rings. The standard InChI is InChI=1S/C10H6ClN3O3S/c11-6-1-5(10(16)17)2-7(3-6)13-9(15)8-4-12-18-14-8/h1-4H,(H,13,15)(H,16,17). The highest BCUT2D eigenvalue weighted by atomic mass is 35.5. The summed E-state index contributed by atoms with van der Waals surface area (Å²) in [5.41, 5.74) is 0.448. The summed E-state index contributed by atoms with van der Waals surface area (Å²) in [6, 6.07) is 4.06. The van der Waals surface area contributed by atoms with Gasteiger partial charge in [-0.15, -0.1) is 0 Å². The van der Waals surface area contributed by atoms with Gasteiger partial charge in [-0.2, -0.15) is 8.75 Å². The molecule has 8 heteroatoms. The second-order valence-corrected chi connectivity index (χ2v) is 4.27. The first-order valence-corrected chi connectivity index (χ1v) is 5.80. The van der Waals surface area contributed by atoms with Gasteiger partial charge in [0.05, 0.1) is 23.5 Å². The van der Waals surface area contributed by atoms with Crippen LogP contribution < -0.4 is 5.32 Å². The van der Waals surface area contributed by atoms with Crippen LogP contribution in [0, 0.1) is 0 Å². The summed E-state index contributed by atoms with van der Waals surface area (Å²) in [4.78, 5) is 22.5. The Morgan fingerprint density at radius 2 is 2.11 bits per heavy atom. The molecule has 1 amide bonds. The quantitative estimate of drug-likeness (QED) is 0.900. The zero-order valence-electron chi connectivity index (χ0n) is 8.75. The second kappa shape index (κ2) is 5.11. The molecule has 1 aromatic carbocycles. The topological polar surface area (TPSA) is 92.2 Å².